The summed E-state index contributed by atoms with van der Waals surface area (Å²) in [4.78, 5) is 20.0. The Labute approximate surface area is 96.3 Å². The molecule has 0 radical (unpaired) electrons. The van der Waals surface area contributed by atoms with Gasteiger partial charge in [-0.05, 0) is 19.9 Å². The summed E-state index contributed by atoms with van der Waals surface area (Å²) in [5, 5.41) is 0.402. The standard InChI is InChI=1S/C10H11N3O2S/c1-3-15-9(14)6-4-5(2)12-8-7(6)16-10(11)13-8/h4H,3H2,1-2H3,(H2,11,12,13). The Morgan fingerprint density at radius 1 is 1.56 bits per heavy atom. The van der Waals surface area contributed by atoms with Crippen LogP contribution in [0.1, 0.15) is 23.0 Å². The molecule has 6 heteroatoms. The molecule has 0 bridgehead atoms. The van der Waals surface area contributed by atoms with Crippen molar-refractivity contribution in [3.8, 4) is 0 Å². The van der Waals surface area contributed by atoms with Gasteiger partial charge in [0.25, 0.3) is 0 Å². The maximum absolute atomic E-state index is 11.7. The minimum absolute atomic E-state index is 0.343. The third kappa shape index (κ3) is 1.83. The van der Waals surface area contributed by atoms with Gasteiger partial charge in [0, 0.05) is 5.69 Å². The quantitative estimate of drug-likeness (QED) is 0.805. The third-order valence-electron chi connectivity index (χ3n) is 2.00. The highest BCUT2D eigenvalue weighted by atomic mass is 32.1. The smallest absolute Gasteiger partial charge is 0.339 e. The van der Waals surface area contributed by atoms with Crippen LogP contribution in [0.15, 0.2) is 6.07 Å². The summed E-state index contributed by atoms with van der Waals surface area (Å²) in [5.74, 6) is -0.360. The van der Waals surface area contributed by atoms with Gasteiger partial charge in [-0.2, -0.15) is 0 Å². The van der Waals surface area contributed by atoms with Gasteiger partial charge in [0.1, 0.15) is 0 Å². The van der Waals surface area contributed by atoms with E-state index in [9.17, 15) is 4.79 Å². The number of pyridine rings is 1. The van der Waals surface area contributed by atoms with Crippen molar-refractivity contribution >= 4 is 32.8 Å². The molecular formula is C10H11N3O2S. The van der Waals surface area contributed by atoms with Crippen molar-refractivity contribution in [1.29, 1.82) is 0 Å². The summed E-state index contributed by atoms with van der Waals surface area (Å²) >= 11 is 1.24. The summed E-state index contributed by atoms with van der Waals surface area (Å²) in [6, 6.07) is 1.69. The maximum atomic E-state index is 11.7. The second kappa shape index (κ2) is 4.05. The molecule has 0 atom stereocenters. The van der Waals surface area contributed by atoms with Gasteiger partial charge in [-0.15, -0.1) is 0 Å². The van der Waals surface area contributed by atoms with Crippen LogP contribution in [0, 0.1) is 6.92 Å². The lowest BCUT2D eigenvalue weighted by Crippen LogP contribution is -2.05. The van der Waals surface area contributed by atoms with E-state index in [0.717, 1.165) is 5.69 Å². The molecule has 0 aliphatic heterocycles. The number of aromatic nitrogens is 2. The number of carbonyl (C=O) groups excluding carboxylic acids is 1. The van der Waals surface area contributed by atoms with E-state index in [4.69, 9.17) is 10.5 Å². The predicted octanol–water partition coefficient (Wildman–Crippen LogP) is 1.76. The van der Waals surface area contributed by atoms with Gasteiger partial charge in [0.2, 0.25) is 0 Å². The first-order chi connectivity index (χ1) is 7.61. The Kier molecular flexibility index (Phi) is 2.74. The number of nitrogen functional groups attached to an aromatic ring is 1. The fourth-order valence-corrected chi connectivity index (χ4v) is 2.19. The predicted molar refractivity (Wildman–Crippen MR) is 62.5 cm³/mol. The molecule has 0 amide bonds. The van der Waals surface area contributed by atoms with Crippen LogP contribution in [0.4, 0.5) is 5.13 Å². The molecule has 0 unspecified atom stereocenters. The number of nitrogens with two attached hydrogens (primary N) is 1. The van der Waals surface area contributed by atoms with E-state index in [0.29, 0.717) is 27.6 Å². The van der Waals surface area contributed by atoms with Crippen molar-refractivity contribution in [3.05, 3.63) is 17.3 Å². The Hall–Kier alpha value is -1.69. The molecule has 0 saturated heterocycles. The first kappa shape index (κ1) is 10.8. The van der Waals surface area contributed by atoms with E-state index >= 15 is 0 Å². The van der Waals surface area contributed by atoms with E-state index < -0.39 is 0 Å². The number of aryl methyl sites for hydroxylation is 1. The zero-order valence-electron chi connectivity index (χ0n) is 8.98. The Morgan fingerprint density at radius 2 is 2.31 bits per heavy atom. The van der Waals surface area contributed by atoms with Gasteiger partial charge in [0.15, 0.2) is 10.8 Å². The Bertz CT molecular complexity index is 550. The number of rotatable bonds is 2. The molecule has 2 heterocycles. The average Bonchev–Trinajstić information content (AvgIpc) is 2.57. The lowest BCUT2D eigenvalue weighted by molar-refractivity contribution is 0.0528. The van der Waals surface area contributed by atoms with Crippen LogP contribution in [0.2, 0.25) is 0 Å². The molecule has 0 fully saturated rings. The second-order valence-corrected chi connectivity index (χ2v) is 4.27. The zero-order chi connectivity index (χ0) is 11.7. The van der Waals surface area contributed by atoms with Gasteiger partial charge >= 0.3 is 5.97 Å². The number of carbonyl (C=O) groups is 1. The van der Waals surface area contributed by atoms with Crippen molar-refractivity contribution < 1.29 is 9.53 Å². The minimum Gasteiger partial charge on any atom is -0.462 e. The summed E-state index contributed by atoms with van der Waals surface area (Å²) in [5.41, 5.74) is 7.31. The molecule has 16 heavy (non-hydrogen) atoms. The van der Waals surface area contributed by atoms with Gasteiger partial charge in [-0.1, -0.05) is 11.3 Å². The van der Waals surface area contributed by atoms with Crippen molar-refractivity contribution in [1.82, 2.24) is 9.97 Å². The van der Waals surface area contributed by atoms with E-state index in [1.165, 1.54) is 11.3 Å². The zero-order valence-corrected chi connectivity index (χ0v) is 9.80. The van der Waals surface area contributed by atoms with Crippen LogP contribution in [0.3, 0.4) is 0 Å². The van der Waals surface area contributed by atoms with Crippen LogP contribution in [0.5, 0.6) is 0 Å². The van der Waals surface area contributed by atoms with Crippen molar-refractivity contribution in [2.75, 3.05) is 12.3 Å². The number of hydrogen-bond donors (Lipinski definition) is 1. The molecule has 5 nitrogen and oxygen atoms in total. The molecule has 84 valence electrons. The first-order valence-corrected chi connectivity index (χ1v) is 5.64. The molecule has 2 rings (SSSR count). The van der Waals surface area contributed by atoms with Crippen LogP contribution in [0.25, 0.3) is 10.3 Å². The first-order valence-electron chi connectivity index (χ1n) is 4.82. The summed E-state index contributed by atoms with van der Waals surface area (Å²) in [6.07, 6.45) is 0. The van der Waals surface area contributed by atoms with Gasteiger partial charge in [0.05, 0.1) is 16.9 Å². The molecule has 0 aliphatic carbocycles. The average molecular weight is 237 g/mol. The topological polar surface area (TPSA) is 78.1 Å². The monoisotopic (exact) mass is 237 g/mol. The number of anilines is 1. The van der Waals surface area contributed by atoms with Crippen molar-refractivity contribution in [3.63, 3.8) is 0 Å². The van der Waals surface area contributed by atoms with Crippen LogP contribution >= 0.6 is 11.3 Å². The van der Waals surface area contributed by atoms with Gasteiger partial charge < -0.3 is 10.5 Å². The minimum atomic E-state index is -0.360. The van der Waals surface area contributed by atoms with Crippen LogP contribution in [-0.2, 0) is 4.74 Å². The fraction of sp³-hybridized carbons (Fsp3) is 0.300. The van der Waals surface area contributed by atoms with Gasteiger partial charge in [-0.3, -0.25) is 0 Å². The fourth-order valence-electron chi connectivity index (χ4n) is 1.41. The lowest BCUT2D eigenvalue weighted by atomic mass is 10.2. The second-order valence-electron chi connectivity index (χ2n) is 3.24. The Balaban J connectivity index is 2.62. The largest absolute Gasteiger partial charge is 0.462 e. The third-order valence-corrected chi connectivity index (χ3v) is 2.91. The molecular weight excluding hydrogens is 226 g/mol. The van der Waals surface area contributed by atoms with Crippen LogP contribution < -0.4 is 5.73 Å². The number of thiazole rings is 1. The van der Waals surface area contributed by atoms with E-state index in [-0.39, 0.29) is 5.97 Å². The molecule has 0 saturated carbocycles. The molecule has 2 aromatic heterocycles. The van der Waals surface area contributed by atoms with Crippen molar-refractivity contribution in [2.24, 2.45) is 0 Å². The lowest BCUT2D eigenvalue weighted by Gasteiger charge is -2.02. The Morgan fingerprint density at radius 3 is 3.00 bits per heavy atom. The summed E-state index contributed by atoms with van der Waals surface area (Å²) in [7, 11) is 0. The number of esters is 1. The number of hydrogen-bond acceptors (Lipinski definition) is 6. The van der Waals surface area contributed by atoms with Crippen molar-refractivity contribution in [2.45, 2.75) is 13.8 Å². The normalized spacial score (nSPS) is 10.6. The summed E-state index contributed by atoms with van der Waals surface area (Å²) in [6.45, 7) is 3.91. The highest BCUT2D eigenvalue weighted by Crippen LogP contribution is 2.27. The molecule has 2 N–H and O–H groups in total. The molecule has 0 aromatic carbocycles. The highest BCUT2D eigenvalue weighted by molar-refractivity contribution is 7.22. The van der Waals surface area contributed by atoms with E-state index in [1.54, 1.807) is 19.9 Å². The van der Waals surface area contributed by atoms with Gasteiger partial charge in [-0.25, -0.2) is 14.8 Å². The SMILES string of the molecule is CCOC(=O)c1cc(C)nc2nc(N)sc12. The van der Waals surface area contributed by atoms with Crippen LogP contribution in [-0.4, -0.2) is 22.5 Å². The number of fused-ring (bicyclic) bond motifs is 1. The molecule has 0 aliphatic rings. The maximum Gasteiger partial charge on any atom is 0.339 e. The summed E-state index contributed by atoms with van der Waals surface area (Å²) < 4.78 is 5.65. The highest BCUT2D eigenvalue weighted by Gasteiger charge is 2.16. The number of ether oxygens (including phenoxy) is 1. The van der Waals surface area contributed by atoms with E-state index in [2.05, 4.69) is 9.97 Å². The van der Waals surface area contributed by atoms with E-state index in [1.807, 2.05) is 0 Å². The molecule has 0 spiro atoms. The molecule has 2 aromatic rings. The number of nitrogens with zero attached hydrogens (tertiary/aromatic N) is 2.